The smallest absolute Gasteiger partial charge is 0.217 e. The summed E-state index contributed by atoms with van der Waals surface area (Å²) in [5.41, 5.74) is 1.07. The summed E-state index contributed by atoms with van der Waals surface area (Å²) in [6.07, 6.45) is 0. The molecule has 13 heavy (non-hydrogen) atoms. The highest BCUT2D eigenvalue weighted by Crippen LogP contribution is 2.17. The number of aromatic nitrogens is 3. The molecule has 0 unspecified atom stereocenters. The highest BCUT2D eigenvalue weighted by molar-refractivity contribution is 9.10. The largest absolute Gasteiger partial charge is 0.248 e. The molecule has 0 aliphatic carbocycles. The van der Waals surface area contributed by atoms with Crippen LogP contribution in [-0.4, -0.2) is 14.8 Å². The van der Waals surface area contributed by atoms with E-state index in [2.05, 4.69) is 26.0 Å². The summed E-state index contributed by atoms with van der Waals surface area (Å²) in [4.78, 5) is 4.25. The quantitative estimate of drug-likeness (QED) is 0.762. The molecule has 0 saturated carbocycles. The number of nitrogens with zero attached hydrogens (tertiary/aromatic N) is 3. The third-order valence-corrected chi connectivity index (χ3v) is 2.11. The monoisotopic (exact) mass is 237 g/mol. The lowest BCUT2D eigenvalue weighted by atomic mass is 10.2. The lowest BCUT2D eigenvalue weighted by Gasteiger charge is -1.97. The van der Waals surface area contributed by atoms with Gasteiger partial charge in [0.1, 0.15) is 0 Å². The number of halogens is 1. The lowest BCUT2D eigenvalue weighted by Crippen LogP contribution is -1.93. The molecule has 1 heterocycles. The fraction of sp³-hybridized carbons (Fsp3) is 0.111. The number of benzene rings is 1. The molecule has 4 heteroatoms. The van der Waals surface area contributed by atoms with Crippen molar-refractivity contribution in [1.29, 1.82) is 0 Å². The van der Waals surface area contributed by atoms with Crippen molar-refractivity contribution >= 4 is 15.9 Å². The van der Waals surface area contributed by atoms with E-state index in [1.807, 2.05) is 37.4 Å². The Morgan fingerprint density at radius 2 is 1.92 bits per heavy atom. The third-order valence-electron chi connectivity index (χ3n) is 1.77. The molecule has 0 aliphatic rings. The van der Waals surface area contributed by atoms with Crippen LogP contribution in [0, 0.1) is 0 Å². The summed E-state index contributed by atoms with van der Waals surface area (Å²) >= 11 is 3.24. The van der Waals surface area contributed by atoms with Gasteiger partial charge in [-0.25, -0.2) is 9.67 Å². The topological polar surface area (TPSA) is 30.7 Å². The second kappa shape index (κ2) is 3.30. The Balaban J connectivity index is 2.53. The first-order chi connectivity index (χ1) is 6.27. The van der Waals surface area contributed by atoms with Gasteiger partial charge < -0.3 is 0 Å². The fourth-order valence-electron chi connectivity index (χ4n) is 1.19. The van der Waals surface area contributed by atoms with Crippen molar-refractivity contribution in [2.45, 2.75) is 0 Å². The molecule has 2 rings (SSSR count). The van der Waals surface area contributed by atoms with E-state index in [9.17, 15) is 0 Å². The van der Waals surface area contributed by atoms with Gasteiger partial charge in [0.2, 0.25) is 4.73 Å². The third kappa shape index (κ3) is 1.62. The van der Waals surface area contributed by atoms with Crippen LogP contribution < -0.4 is 0 Å². The van der Waals surface area contributed by atoms with Crippen molar-refractivity contribution in [3.05, 3.63) is 35.1 Å². The second-order valence-corrected chi connectivity index (χ2v) is 3.40. The number of hydrogen-bond acceptors (Lipinski definition) is 2. The maximum Gasteiger partial charge on any atom is 0.217 e. The molecule has 1 aromatic heterocycles. The molecule has 0 amide bonds. The zero-order chi connectivity index (χ0) is 9.26. The van der Waals surface area contributed by atoms with Gasteiger partial charge in [0.25, 0.3) is 0 Å². The average Bonchev–Trinajstić information content (AvgIpc) is 2.47. The van der Waals surface area contributed by atoms with Crippen LogP contribution in [0.1, 0.15) is 0 Å². The van der Waals surface area contributed by atoms with E-state index in [1.165, 1.54) is 0 Å². The van der Waals surface area contributed by atoms with Crippen molar-refractivity contribution in [2.24, 2.45) is 7.05 Å². The van der Waals surface area contributed by atoms with Gasteiger partial charge in [-0.05, 0) is 15.9 Å². The van der Waals surface area contributed by atoms with E-state index in [0.29, 0.717) is 4.73 Å². The van der Waals surface area contributed by atoms with Gasteiger partial charge in [0, 0.05) is 12.6 Å². The molecule has 0 aliphatic heterocycles. The highest BCUT2D eigenvalue weighted by atomic mass is 79.9. The van der Waals surface area contributed by atoms with Crippen LogP contribution in [0.15, 0.2) is 35.1 Å². The molecule has 0 atom stereocenters. The summed E-state index contributed by atoms with van der Waals surface area (Å²) in [5.74, 6) is 0.868. The number of rotatable bonds is 1. The molecule has 0 bridgehead atoms. The van der Waals surface area contributed by atoms with E-state index in [4.69, 9.17) is 0 Å². The molecule has 1 aromatic carbocycles. The average molecular weight is 238 g/mol. The predicted molar refractivity (Wildman–Crippen MR) is 54.1 cm³/mol. The van der Waals surface area contributed by atoms with Crippen LogP contribution in [0.25, 0.3) is 11.4 Å². The van der Waals surface area contributed by atoms with Crippen molar-refractivity contribution < 1.29 is 0 Å². The molecular formula is C9H8BrN3. The summed E-state index contributed by atoms with van der Waals surface area (Å²) in [6, 6.07) is 9.97. The minimum atomic E-state index is 0.619. The molecule has 0 saturated heterocycles. The Morgan fingerprint density at radius 3 is 2.46 bits per heavy atom. The van der Waals surface area contributed by atoms with Gasteiger partial charge in [-0.3, -0.25) is 0 Å². The highest BCUT2D eigenvalue weighted by Gasteiger charge is 2.05. The molecule has 0 fully saturated rings. The van der Waals surface area contributed by atoms with Gasteiger partial charge in [-0.15, -0.1) is 5.10 Å². The fourth-order valence-corrected chi connectivity index (χ4v) is 1.60. The normalized spacial score (nSPS) is 10.3. The lowest BCUT2D eigenvalue weighted by molar-refractivity contribution is 0.768. The van der Waals surface area contributed by atoms with Crippen molar-refractivity contribution in [3.8, 4) is 11.4 Å². The molecule has 2 aromatic rings. The Hall–Kier alpha value is -1.16. The summed E-state index contributed by atoms with van der Waals surface area (Å²) < 4.78 is 2.37. The van der Waals surface area contributed by atoms with Crippen molar-refractivity contribution in [1.82, 2.24) is 14.8 Å². The SMILES string of the molecule is Cn1nc(Br)nc1-c1ccccc1. The van der Waals surface area contributed by atoms with E-state index in [1.54, 1.807) is 4.68 Å². The first-order valence-electron chi connectivity index (χ1n) is 3.89. The summed E-state index contributed by atoms with van der Waals surface area (Å²) in [7, 11) is 1.88. The molecule has 3 nitrogen and oxygen atoms in total. The Bertz CT molecular complexity index is 408. The second-order valence-electron chi connectivity index (χ2n) is 2.69. The summed E-state index contributed by atoms with van der Waals surface area (Å²) in [5, 5.41) is 4.11. The standard InChI is InChI=1S/C9H8BrN3/c1-13-8(11-9(10)12-13)7-5-3-2-4-6-7/h2-6H,1H3. The van der Waals surface area contributed by atoms with Gasteiger partial charge in [0.05, 0.1) is 0 Å². The number of hydrogen-bond donors (Lipinski definition) is 0. The van der Waals surface area contributed by atoms with E-state index < -0.39 is 0 Å². The van der Waals surface area contributed by atoms with Crippen LogP contribution in [0.2, 0.25) is 0 Å². The Kier molecular flexibility index (Phi) is 2.14. The van der Waals surface area contributed by atoms with Crippen LogP contribution in [0.5, 0.6) is 0 Å². The van der Waals surface area contributed by atoms with Gasteiger partial charge in [-0.1, -0.05) is 30.3 Å². The molecule has 66 valence electrons. The van der Waals surface area contributed by atoms with Crippen LogP contribution in [0.3, 0.4) is 0 Å². The first kappa shape index (κ1) is 8.44. The maximum absolute atomic E-state index is 4.25. The Labute approximate surface area is 84.5 Å². The van der Waals surface area contributed by atoms with Gasteiger partial charge in [-0.2, -0.15) is 0 Å². The molecular weight excluding hydrogens is 230 g/mol. The van der Waals surface area contributed by atoms with E-state index >= 15 is 0 Å². The van der Waals surface area contributed by atoms with Crippen molar-refractivity contribution in [3.63, 3.8) is 0 Å². The Morgan fingerprint density at radius 1 is 1.23 bits per heavy atom. The van der Waals surface area contributed by atoms with Crippen LogP contribution in [0.4, 0.5) is 0 Å². The van der Waals surface area contributed by atoms with Crippen LogP contribution >= 0.6 is 15.9 Å². The predicted octanol–water partition coefficient (Wildman–Crippen LogP) is 2.24. The first-order valence-corrected chi connectivity index (χ1v) is 4.68. The minimum Gasteiger partial charge on any atom is -0.248 e. The zero-order valence-electron chi connectivity index (χ0n) is 7.11. The van der Waals surface area contributed by atoms with E-state index in [0.717, 1.165) is 11.4 Å². The van der Waals surface area contributed by atoms with Gasteiger partial charge in [0.15, 0.2) is 5.82 Å². The molecule has 0 N–H and O–H groups in total. The maximum atomic E-state index is 4.25. The van der Waals surface area contributed by atoms with E-state index in [-0.39, 0.29) is 0 Å². The number of aryl methyl sites for hydroxylation is 1. The summed E-state index contributed by atoms with van der Waals surface area (Å²) in [6.45, 7) is 0. The zero-order valence-corrected chi connectivity index (χ0v) is 8.69. The van der Waals surface area contributed by atoms with Crippen LogP contribution in [-0.2, 0) is 7.05 Å². The minimum absolute atomic E-state index is 0.619. The van der Waals surface area contributed by atoms with Crippen molar-refractivity contribution in [2.75, 3.05) is 0 Å². The molecule has 0 spiro atoms. The molecule has 0 radical (unpaired) electrons. The van der Waals surface area contributed by atoms with Gasteiger partial charge >= 0.3 is 0 Å².